The van der Waals surface area contributed by atoms with Crippen LogP contribution in [0.2, 0.25) is 0 Å². The van der Waals surface area contributed by atoms with E-state index < -0.39 is 35.8 Å². The first kappa shape index (κ1) is 20.7. The molecule has 1 atom stereocenters. The lowest BCUT2D eigenvalue weighted by Crippen LogP contribution is -2.42. The second kappa shape index (κ2) is 7.75. The van der Waals surface area contributed by atoms with Crippen molar-refractivity contribution < 1.29 is 26.7 Å². The molecule has 0 radical (unpaired) electrons. The normalized spacial score (nSPS) is 16.3. The predicted molar refractivity (Wildman–Crippen MR) is 95.7 cm³/mol. The fourth-order valence-electron chi connectivity index (χ4n) is 2.94. The van der Waals surface area contributed by atoms with Crippen molar-refractivity contribution in [2.24, 2.45) is 0 Å². The summed E-state index contributed by atoms with van der Waals surface area (Å²) in [7, 11) is 0. The van der Waals surface area contributed by atoms with E-state index in [9.17, 15) is 32.0 Å². The monoisotopic (exact) mass is 425 g/mol. The number of nitriles is 1. The van der Waals surface area contributed by atoms with Gasteiger partial charge in [-0.3, -0.25) is 0 Å². The number of halogens is 5. The Kier molecular flexibility index (Phi) is 5.53. The summed E-state index contributed by atoms with van der Waals surface area (Å²) in [6.45, 7) is -0.596. The zero-order valence-electron chi connectivity index (χ0n) is 14.5. The summed E-state index contributed by atoms with van der Waals surface area (Å²) >= 11 is 1.02. The van der Waals surface area contributed by atoms with Gasteiger partial charge >= 0.3 is 12.1 Å². The molecule has 0 bridgehead atoms. The lowest BCUT2D eigenvalue weighted by atomic mass is 9.94. The molecule has 29 heavy (non-hydrogen) atoms. The van der Waals surface area contributed by atoms with Gasteiger partial charge in [0.25, 0.3) is 0 Å². The van der Waals surface area contributed by atoms with E-state index in [2.05, 4.69) is 4.98 Å². The second-order valence-corrected chi connectivity index (χ2v) is 6.96. The summed E-state index contributed by atoms with van der Waals surface area (Å²) in [5.74, 6) is -5.23. The van der Waals surface area contributed by atoms with Crippen LogP contribution in [-0.2, 0) is 4.79 Å². The Bertz CT molecular complexity index is 991. The average molecular weight is 425 g/mol. The van der Waals surface area contributed by atoms with Gasteiger partial charge < -0.3 is 9.69 Å². The van der Waals surface area contributed by atoms with Crippen molar-refractivity contribution in [3.05, 3.63) is 69.7 Å². The molecule has 0 saturated heterocycles. The molecule has 1 aliphatic rings. The Hall–Kier alpha value is -3.06. The van der Waals surface area contributed by atoms with Crippen LogP contribution in [-0.4, -0.2) is 34.8 Å². The molecule has 1 aromatic carbocycles. The highest BCUT2D eigenvalue weighted by molar-refractivity contribution is 7.10. The number of aldehydes is 1. The third kappa shape index (κ3) is 3.78. The van der Waals surface area contributed by atoms with Gasteiger partial charge in [-0.15, -0.1) is 11.3 Å². The van der Waals surface area contributed by atoms with E-state index in [4.69, 9.17) is 0 Å². The van der Waals surface area contributed by atoms with Gasteiger partial charge in [-0.05, 0) is 11.6 Å². The Labute approximate surface area is 166 Å². The smallest absolute Gasteiger partial charge is 0.350 e. The molecule has 150 valence electrons. The van der Waals surface area contributed by atoms with Gasteiger partial charge in [0.2, 0.25) is 0 Å². The van der Waals surface area contributed by atoms with Crippen molar-refractivity contribution in [3.8, 4) is 6.07 Å². The summed E-state index contributed by atoms with van der Waals surface area (Å²) in [6.07, 6.45) is -3.37. The number of nitrogens with zero attached hydrogens (tertiary/aromatic N) is 3. The zero-order chi connectivity index (χ0) is 21.2. The summed E-state index contributed by atoms with van der Waals surface area (Å²) in [5, 5.41) is 11.0. The van der Waals surface area contributed by atoms with Crippen LogP contribution >= 0.6 is 11.3 Å². The maximum Gasteiger partial charge on any atom is 0.458 e. The minimum absolute atomic E-state index is 0.0844. The highest BCUT2D eigenvalue weighted by Crippen LogP contribution is 2.46. The van der Waals surface area contributed by atoms with Crippen LogP contribution in [0.1, 0.15) is 16.6 Å². The molecule has 4 nitrogen and oxygen atoms in total. The number of hydrogen-bond acceptors (Lipinski definition) is 5. The van der Waals surface area contributed by atoms with E-state index in [-0.39, 0.29) is 10.7 Å². The molecule has 0 saturated carbocycles. The minimum atomic E-state index is -5.87. The summed E-state index contributed by atoms with van der Waals surface area (Å²) in [4.78, 5) is 17.1. The lowest BCUT2D eigenvalue weighted by Gasteiger charge is -2.36. The molecule has 3 rings (SSSR count). The van der Waals surface area contributed by atoms with Crippen molar-refractivity contribution >= 4 is 23.3 Å². The van der Waals surface area contributed by atoms with Gasteiger partial charge in [-0.2, -0.15) is 27.2 Å². The summed E-state index contributed by atoms with van der Waals surface area (Å²) < 4.78 is 67.2. The van der Waals surface area contributed by atoms with Gasteiger partial charge in [0.05, 0.1) is 23.9 Å². The van der Waals surface area contributed by atoms with Crippen molar-refractivity contribution in [3.63, 3.8) is 0 Å². The molecule has 0 spiro atoms. The molecule has 1 aliphatic heterocycles. The average Bonchev–Trinajstić information content (AvgIpc) is 3.22. The van der Waals surface area contributed by atoms with Gasteiger partial charge in [0.15, 0.2) is 0 Å². The molecule has 1 aromatic heterocycles. The third-order valence-electron chi connectivity index (χ3n) is 4.33. The Morgan fingerprint density at radius 1 is 1.21 bits per heavy atom. The molecule has 1 unspecified atom stereocenters. The SMILES string of the molecule is N#CC1=C(C(F)(F)C(F)(F)F)C=C(c2nccs2)N(C(C=O)c2ccccc2)C1. The van der Waals surface area contributed by atoms with Crippen LogP contribution < -0.4 is 0 Å². The van der Waals surface area contributed by atoms with Crippen LogP contribution in [0.4, 0.5) is 22.0 Å². The summed E-state index contributed by atoms with van der Waals surface area (Å²) in [6, 6.07) is 8.70. The van der Waals surface area contributed by atoms with Crippen molar-refractivity contribution in [2.75, 3.05) is 6.54 Å². The predicted octanol–water partition coefficient (Wildman–Crippen LogP) is 4.76. The maximum absolute atomic E-state index is 14.1. The first-order valence-electron chi connectivity index (χ1n) is 8.17. The number of allylic oxidation sites excluding steroid dienone is 2. The number of thiazole rings is 1. The number of alkyl halides is 5. The highest BCUT2D eigenvalue weighted by atomic mass is 32.1. The van der Waals surface area contributed by atoms with Gasteiger partial charge in [0.1, 0.15) is 17.3 Å². The highest BCUT2D eigenvalue weighted by Gasteiger charge is 2.61. The number of benzene rings is 1. The van der Waals surface area contributed by atoms with Crippen LogP contribution in [0.15, 0.2) is 59.1 Å². The molecule has 0 fully saturated rings. The van der Waals surface area contributed by atoms with E-state index in [1.807, 2.05) is 0 Å². The molecular formula is C19H12F5N3OS. The van der Waals surface area contributed by atoms with E-state index in [0.717, 1.165) is 11.3 Å². The zero-order valence-corrected chi connectivity index (χ0v) is 15.3. The van der Waals surface area contributed by atoms with E-state index in [0.29, 0.717) is 17.9 Å². The van der Waals surface area contributed by atoms with Gasteiger partial charge in [-0.1, -0.05) is 30.3 Å². The third-order valence-corrected chi connectivity index (χ3v) is 5.13. The standard InChI is InChI=1S/C19H12F5N3OS/c20-18(21,19(22,23)24)14-8-15(17-26-6-7-29-17)27(10-13(14)9-25)16(11-28)12-4-2-1-3-5-12/h1-8,11,16H,10H2. The Balaban J connectivity index is 2.18. The Morgan fingerprint density at radius 3 is 2.41 bits per heavy atom. The minimum Gasteiger partial charge on any atom is -0.350 e. The Morgan fingerprint density at radius 2 is 1.90 bits per heavy atom. The first-order chi connectivity index (χ1) is 13.7. The van der Waals surface area contributed by atoms with E-state index >= 15 is 0 Å². The lowest BCUT2D eigenvalue weighted by molar-refractivity contribution is -0.263. The number of hydrogen-bond donors (Lipinski definition) is 0. The first-order valence-corrected chi connectivity index (χ1v) is 9.05. The van der Waals surface area contributed by atoms with Crippen molar-refractivity contribution in [1.82, 2.24) is 9.88 Å². The van der Waals surface area contributed by atoms with Crippen molar-refractivity contribution in [1.29, 1.82) is 5.26 Å². The topological polar surface area (TPSA) is 57.0 Å². The molecule has 10 heteroatoms. The number of rotatable bonds is 5. The fraction of sp³-hybridized carbons (Fsp3) is 0.211. The molecule has 2 aromatic rings. The van der Waals surface area contributed by atoms with Crippen LogP contribution in [0.25, 0.3) is 5.70 Å². The molecular weight excluding hydrogens is 413 g/mol. The van der Waals surface area contributed by atoms with E-state index in [1.165, 1.54) is 22.5 Å². The number of aromatic nitrogens is 1. The van der Waals surface area contributed by atoms with Crippen molar-refractivity contribution in [2.45, 2.75) is 18.1 Å². The fourth-order valence-corrected chi connectivity index (χ4v) is 3.61. The van der Waals surface area contributed by atoms with Gasteiger partial charge in [-0.25, -0.2) is 4.98 Å². The van der Waals surface area contributed by atoms with Gasteiger partial charge in [0, 0.05) is 17.2 Å². The second-order valence-electron chi connectivity index (χ2n) is 6.06. The molecule has 0 amide bonds. The van der Waals surface area contributed by atoms with Crippen LogP contribution in [0, 0.1) is 11.3 Å². The molecule has 0 N–H and O–H groups in total. The quantitative estimate of drug-likeness (QED) is 0.512. The van der Waals surface area contributed by atoms with Crippen LogP contribution in [0.3, 0.4) is 0 Å². The van der Waals surface area contributed by atoms with E-state index in [1.54, 1.807) is 30.3 Å². The summed E-state index contributed by atoms with van der Waals surface area (Å²) in [5.41, 5.74) is -1.80. The molecule has 2 heterocycles. The molecule has 0 aliphatic carbocycles. The number of carbonyl (C=O) groups excluding carboxylic acids is 1. The maximum atomic E-state index is 14.1. The number of carbonyl (C=O) groups is 1. The largest absolute Gasteiger partial charge is 0.458 e. The van der Waals surface area contributed by atoms with Crippen LogP contribution in [0.5, 0.6) is 0 Å².